The lowest BCUT2D eigenvalue weighted by atomic mass is 9.98. The fourth-order valence-electron chi connectivity index (χ4n) is 1.84. The number of carboxylic acids is 1. The first-order valence-electron chi connectivity index (χ1n) is 5.60. The summed E-state index contributed by atoms with van der Waals surface area (Å²) in [5, 5.41) is 30.2. The minimum Gasteiger partial charge on any atom is -0.504 e. The fraction of sp³-hybridized carbons (Fsp3) is 0.333. The maximum Gasteiger partial charge on any atom is 0.330 e. The number of benzene rings is 1. The molecule has 0 bridgehead atoms. The van der Waals surface area contributed by atoms with Crippen molar-refractivity contribution in [3.63, 3.8) is 0 Å². The molecule has 1 aromatic rings. The third kappa shape index (κ3) is 2.60. The number of aromatic hydroxyl groups is 2. The molecular formula is C12H13NO5S. The van der Waals surface area contributed by atoms with E-state index in [1.807, 2.05) is 0 Å². The zero-order valence-electron chi connectivity index (χ0n) is 9.92. The van der Waals surface area contributed by atoms with E-state index in [4.69, 9.17) is 5.11 Å². The van der Waals surface area contributed by atoms with Crippen LogP contribution < -0.4 is 5.32 Å². The maximum atomic E-state index is 12.0. The van der Waals surface area contributed by atoms with Crippen molar-refractivity contribution < 1.29 is 24.9 Å². The van der Waals surface area contributed by atoms with Gasteiger partial charge in [0.2, 0.25) is 0 Å². The number of hydrogen-bond acceptors (Lipinski definition) is 5. The number of nitrogens with one attached hydrogen (secondary N) is 1. The van der Waals surface area contributed by atoms with E-state index in [1.54, 1.807) is 0 Å². The molecule has 0 aromatic heterocycles. The number of carbonyl (C=O) groups is 2. The van der Waals surface area contributed by atoms with Gasteiger partial charge in [0.15, 0.2) is 11.5 Å². The van der Waals surface area contributed by atoms with Crippen molar-refractivity contribution in [1.82, 2.24) is 5.32 Å². The third-order valence-electron chi connectivity index (χ3n) is 3.02. The molecule has 1 aliphatic rings. The zero-order valence-corrected chi connectivity index (χ0v) is 10.7. The first-order chi connectivity index (χ1) is 8.94. The molecule has 1 unspecified atom stereocenters. The van der Waals surface area contributed by atoms with Gasteiger partial charge in [-0.2, -0.15) is 11.8 Å². The largest absolute Gasteiger partial charge is 0.504 e. The van der Waals surface area contributed by atoms with Crippen LogP contribution in [-0.4, -0.2) is 44.2 Å². The smallest absolute Gasteiger partial charge is 0.330 e. The van der Waals surface area contributed by atoms with Crippen molar-refractivity contribution in [2.75, 3.05) is 11.5 Å². The lowest BCUT2D eigenvalue weighted by molar-refractivity contribution is -0.143. The maximum absolute atomic E-state index is 12.0. The highest BCUT2D eigenvalue weighted by molar-refractivity contribution is 7.99. The molecule has 1 saturated heterocycles. The molecule has 6 nitrogen and oxygen atoms in total. The minimum absolute atomic E-state index is 0.104. The van der Waals surface area contributed by atoms with Crippen LogP contribution in [0.2, 0.25) is 0 Å². The standard InChI is InChI=1S/C12H13NO5S/c14-8-2-1-7(5-9(8)15)10(16)13-12(11(17)18)3-4-19-6-12/h1-2,5,14-15H,3-4,6H2,(H,13,16)(H,17,18). The molecule has 102 valence electrons. The summed E-state index contributed by atoms with van der Waals surface area (Å²) in [4.78, 5) is 23.3. The molecule has 0 saturated carbocycles. The summed E-state index contributed by atoms with van der Waals surface area (Å²) in [5.41, 5.74) is -1.15. The van der Waals surface area contributed by atoms with Crippen LogP contribution in [0.5, 0.6) is 11.5 Å². The Morgan fingerprint density at radius 3 is 2.53 bits per heavy atom. The molecule has 1 aliphatic heterocycles. The predicted molar refractivity (Wildman–Crippen MR) is 69.5 cm³/mol. The molecule has 0 radical (unpaired) electrons. The number of carboxylic acid groups (broad SMARTS) is 1. The van der Waals surface area contributed by atoms with Gasteiger partial charge in [-0.1, -0.05) is 0 Å². The summed E-state index contributed by atoms with van der Waals surface area (Å²) >= 11 is 1.47. The number of phenols is 2. The summed E-state index contributed by atoms with van der Waals surface area (Å²) in [6.07, 6.45) is 0.364. The van der Waals surface area contributed by atoms with Crippen LogP contribution in [-0.2, 0) is 4.79 Å². The number of phenolic OH excluding ortho intramolecular Hbond substituents is 2. The lowest BCUT2D eigenvalue weighted by Gasteiger charge is -2.24. The van der Waals surface area contributed by atoms with Gasteiger partial charge in [0.25, 0.3) is 5.91 Å². The van der Waals surface area contributed by atoms with E-state index < -0.39 is 23.2 Å². The summed E-state index contributed by atoms with van der Waals surface area (Å²) in [6, 6.07) is 3.60. The van der Waals surface area contributed by atoms with Gasteiger partial charge >= 0.3 is 5.97 Å². The monoisotopic (exact) mass is 283 g/mol. The van der Waals surface area contributed by atoms with E-state index in [9.17, 15) is 19.8 Å². The number of carbonyl (C=O) groups excluding carboxylic acids is 1. The first kappa shape index (κ1) is 13.5. The summed E-state index contributed by atoms with van der Waals surface area (Å²) in [5.74, 6) is -1.40. The van der Waals surface area contributed by atoms with Crippen LogP contribution in [0.15, 0.2) is 18.2 Å². The second-order valence-corrected chi connectivity index (χ2v) is 5.45. The third-order valence-corrected chi connectivity index (χ3v) is 4.21. The molecular weight excluding hydrogens is 270 g/mol. The van der Waals surface area contributed by atoms with Crippen molar-refractivity contribution in [3.05, 3.63) is 23.8 Å². The Kier molecular flexibility index (Phi) is 3.57. The van der Waals surface area contributed by atoms with Crippen molar-refractivity contribution in [1.29, 1.82) is 0 Å². The fourth-order valence-corrected chi connectivity index (χ4v) is 3.17. The van der Waals surface area contributed by atoms with Gasteiger partial charge in [0.05, 0.1) is 0 Å². The van der Waals surface area contributed by atoms with E-state index in [0.717, 1.165) is 6.07 Å². The highest BCUT2D eigenvalue weighted by Gasteiger charge is 2.43. The van der Waals surface area contributed by atoms with Crippen molar-refractivity contribution in [3.8, 4) is 11.5 Å². The van der Waals surface area contributed by atoms with Crippen LogP contribution in [0, 0.1) is 0 Å². The molecule has 1 heterocycles. The predicted octanol–water partition coefficient (Wildman–Crippen LogP) is 0.788. The number of aliphatic carboxylic acids is 1. The quantitative estimate of drug-likeness (QED) is 0.611. The summed E-state index contributed by atoms with van der Waals surface area (Å²) < 4.78 is 0. The van der Waals surface area contributed by atoms with E-state index in [0.29, 0.717) is 17.9 Å². The Bertz CT molecular complexity index is 525. The average Bonchev–Trinajstić information content (AvgIpc) is 2.82. The van der Waals surface area contributed by atoms with Crippen molar-refractivity contribution >= 4 is 23.6 Å². The number of rotatable bonds is 3. The van der Waals surface area contributed by atoms with Crippen LogP contribution in [0.4, 0.5) is 0 Å². The molecule has 19 heavy (non-hydrogen) atoms. The van der Waals surface area contributed by atoms with Crippen molar-refractivity contribution in [2.45, 2.75) is 12.0 Å². The Hall–Kier alpha value is -1.89. The van der Waals surface area contributed by atoms with E-state index in [2.05, 4.69) is 5.32 Å². The van der Waals surface area contributed by atoms with Gasteiger partial charge in [0, 0.05) is 11.3 Å². The Morgan fingerprint density at radius 1 is 1.26 bits per heavy atom. The Morgan fingerprint density at radius 2 is 2.00 bits per heavy atom. The molecule has 7 heteroatoms. The van der Waals surface area contributed by atoms with E-state index in [-0.39, 0.29) is 11.3 Å². The van der Waals surface area contributed by atoms with Gasteiger partial charge < -0.3 is 20.6 Å². The topological polar surface area (TPSA) is 107 Å². The van der Waals surface area contributed by atoms with Gasteiger partial charge in [-0.15, -0.1) is 0 Å². The minimum atomic E-state index is -1.25. The second-order valence-electron chi connectivity index (χ2n) is 4.35. The van der Waals surface area contributed by atoms with Crippen LogP contribution in [0.3, 0.4) is 0 Å². The SMILES string of the molecule is O=C(NC1(C(=O)O)CCSC1)c1ccc(O)c(O)c1. The molecule has 1 atom stereocenters. The highest BCUT2D eigenvalue weighted by atomic mass is 32.2. The number of hydrogen-bond donors (Lipinski definition) is 4. The highest BCUT2D eigenvalue weighted by Crippen LogP contribution is 2.29. The first-order valence-corrected chi connectivity index (χ1v) is 6.76. The van der Waals surface area contributed by atoms with Gasteiger partial charge in [-0.05, 0) is 30.4 Å². The van der Waals surface area contributed by atoms with Gasteiger partial charge in [-0.25, -0.2) is 4.79 Å². The van der Waals surface area contributed by atoms with E-state index >= 15 is 0 Å². The number of amides is 1. The normalized spacial score (nSPS) is 22.1. The molecule has 0 aliphatic carbocycles. The van der Waals surface area contributed by atoms with Gasteiger partial charge in [-0.3, -0.25) is 4.79 Å². The van der Waals surface area contributed by atoms with E-state index in [1.165, 1.54) is 23.9 Å². The molecule has 4 N–H and O–H groups in total. The zero-order chi connectivity index (χ0) is 14.0. The van der Waals surface area contributed by atoms with Crippen LogP contribution >= 0.6 is 11.8 Å². The van der Waals surface area contributed by atoms with Crippen LogP contribution in [0.1, 0.15) is 16.8 Å². The molecule has 2 rings (SSSR count). The molecule has 1 aromatic carbocycles. The van der Waals surface area contributed by atoms with Crippen molar-refractivity contribution in [2.24, 2.45) is 0 Å². The molecule has 0 spiro atoms. The average molecular weight is 283 g/mol. The van der Waals surface area contributed by atoms with Crippen LogP contribution in [0.25, 0.3) is 0 Å². The second kappa shape index (κ2) is 5.00. The Balaban J connectivity index is 2.20. The molecule has 1 fully saturated rings. The van der Waals surface area contributed by atoms with Gasteiger partial charge in [0.1, 0.15) is 5.54 Å². The summed E-state index contributed by atoms with van der Waals surface area (Å²) in [6.45, 7) is 0. The molecule has 1 amide bonds. The lowest BCUT2D eigenvalue weighted by Crippen LogP contribution is -2.54. The number of thioether (sulfide) groups is 1. The summed E-state index contributed by atoms with van der Waals surface area (Å²) in [7, 11) is 0. The Labute approximate surface area is 113 Å².